The zero-order valence-electron chi connectivity index (χ0n) is 22.0. The molecule has 1 atom stereocenters. The molecule has 0 bridgehead atoms. The van der Waals surface area contributed by atoms with E-state index >= 15 is 0 Å². The normalized spacial score (nSPS) is 14.6. The molecule has 2 amide bonds. The van der Waals surface area contributed by atoms with Crippen LogP contribution < -0.4 is 9.62 Å². The fourth-order valence-corrected chi connectivity index (χ4v) is 6.59. The number of hydrogen-bond acceptors (Lipinski definition) is 4. The SMILES string of the molecule is CC[C@@H](C(=O)NCC(C)C)N(Cc1ccc(F)cc1)C(=O)CCCN1c2cccc3cccc(c23)S1(=O)=O. The predicted octanol–water partition coefficient (Wildman–Crippen LogP) is 4.85. The maximum Gasteiger partial charge on any atom is 0.265 e. The number of benzene rings is 3. The topological polar surface area (TPSA) is 86.8 Å². The van der Waals surface area contributed by atoms with Crippen molar-refractivity contribution < 1.29 is 22.4 Å². The lowest BCUT2D eigenvalue weighted by molar-refractivity contribution is -0.141. The van der Waals surface area contributed by atoms with E-state index in [2.05, 4.69) is 5.32 Å². The highest BCUT2D eigenvalue weighted by Crippen LogP contribution is 2.42. The van der Waals surface area contributed by atoms with Crippen molar-refractivity contribution in [3.63, 3.8) is 0 Å². The molecule has 0 unspecified atom stereocenters. The van der Waals surface area contributed by atoms with Gasteiger partial charge in [0.15, 0.2) is 0 Å². The monoisotopic (exact) mass is 539 g/mol. The van der Waals surface area contributed by atoms with E-state index in [9.17, 15) is 22.4 Å². The molecule has 3 aromatic rings. The van der Waals surface area contributed by atoms with Crippen LogP contribution in [0, 0.1) is 11.7 Å². The summed E-state index contributed by atoms with van der Waals surface area (Å²) in [5.74, 6) is -0.612. The lowest BCUT2D eigenvalue weighted by atomic mass is 10.1. The zero-order chi connectivity index (χ0) is 27.4. The maximum atomic E-state index is 13.5. The zero-order valence-corrected chi connectivity index (χ0v) is 22.8. The minimum atomic E-state index is -3.71. The van der Waals surface area contributed by atoms with Gasteiger partial charge in [0.25, 0.3) is 10.0 Å². The minimum Gasteiger partial charge on any atom is -0.354 e. The second-order valence-corrected chi connectivity index (χ2v) is 11.9. The molecule has 38 heavy (non-hydrogen) atoms. The standard InChI is InChI=1S/C29H34FN3O4S/c1-4-24(29(35)31-18-20(2)3)32(19-21-13-15-23(30)16-14-21)27(34)12-7-17-33-25-10-5-8-22-9-6-11-26(28(22)25)38(33,36)37/h5-6,8-11,13-16,20,24H,4,7,12,17-19H2,1-3H3,(H,31,35)/t24-/m0/s1. The molecule has 0 fully saturated rings. The number of rotatable bonds is 11. The summed E-state index contributed by atoms with van der Waals surface area (Å²) < 4.78 is 41.4. The molecule has 0 saturated carbocycles. The van der Waals surface area contributed by atoms with Crippen LogP contribution in [0.25, 0.3) is 10.8 Å². The molecular formula is C29H34FN3O4S. The third-order valence-electron chi connectivity index (χ3n) is 6.77. The lowest BCUT2D eigenvalue weighted by Gasteiger charge is -2.31. The van der Waals surface area contributed by atoms with Crippen LogP contribution in [-0.2, 0) is 26.2 Å². The van der Waals surface area contributed by atoms with Crippen LogP contribution in [0.5, 0.6) is 0 Å². The average Bonchev–Trinajstić information content (AvgIpc) is 3.11. The van der Waals surface area contributed by atoms with E-state index < -0.39 is 16.1 Å². The van der Waals surface area contributed by atoms with Gasteiger partial charge in [0, 0.05) is 31.4 Å². The molecule has 1 aliphatic rings. The Morgan fingerprint density at radius 2 is 1.71 bits per heavy atom. The first-order chi connectivity index (χ1) is 18.1. The highest BCUT2D eigenvalue weighted by Gasteiger charge is 2.35. The molecule has 0 aromatic heterocycles. The number of hydrogen-bond donors (Lipinski definition) is 1. The van der Waals surface area contributed by atoms with Crippen LogP contribution >= 0.6 is 0 Å². The van der Waals surface area contributed by atoms with Gasteiger partial charge in [0.2, 0.25) is 11.8 Å². The van der Waals surface area contributed by atoms with E-state index in [1.807, 2.05) is 39.0 Å². The Labute approximate surface area is 223 Å². The van der Waals surface area contributed by atoms with Crippen molar-refractivity contribution in [2.45, 2.75) is 57.5 Å². The number of nitrogens with zero attached hydrogens (tertiary/aromatic N) is 2. The molecule has 202 valence electrons. The summed E-state index contributed by atoms with van der Waals surface area (Å²) in [7, 11) is -3.71. The third kappa shape index (κ3) is 5.67. The van der Waals surface area contributed by atoms with Crippen LogP contribution in [-0.4, -0.2) is 44.3 Å². The van der Waals surface area contributed by atoms with Crippen molar-refractivity contribution >= 4 is 38.3 Å². The van der Waals surface area contributed by atoms with Gasteiger partial charge in [-0.2, -0.15) is 0 Å². The van der Waals surface area contributed by atoms with E-state index in [0.717, 1.165) is 5.39 Å². The van der Waals surface area contributed by atoms with E-state index in [1.54, 1.807) is 30.3 Å². The molecule has 9 heteroatoms. The summed E-state index contributed by atoms with van der Waals surface area (Å²) in [6.45, 7) is 6.62. The number of sulfonamides is 1. The molecule has 7 nitrogen and oxygen atoms in total. The molecule has 1 heterocycles. The van der Waals surface area contributed by atoms with E-state index in [0.29, 0.717) is 29.6 Å². The Bertz CT molecular complexity index is 1420. The van der Waals surface area contributed by atoms with E-state index in [1.165, 1.54) is 21.3 Å². The molecule has 0 radical (unpaired) electrons. The van der Waals surface area contributed by atoms with Gasteiger partial charge in [0.1, 0.15) is 11.9 Å². The highest BCUT2D eigenvalue weighted by molar-refractivity contribution is 7.93. The van der Waals surface area contributed by atoms with E-state index in [-0.39, 0.29) is 54.4 Å². The fourth-order valence-electron chi connectivity index (χ4n) is 4.85. The van der Waals surface area contributed by atoms with Crippen molar-refractivity contribution in [3.05, 3.63) is 72.0 Å². The molecular weight excluding hydrogens is 505 g/mol. The summed E-state index contributed by atoms with van der Waals surface area (Å²) in [5.41, 5.74) is 1.33. The summed E-state index contributed by atoms with van der Waals surface area (Å²) in [5, 5.41) is 4.47. The first-order valence-electron chi connectivity index (χ1n) is 13.0. The number of carbonyl (C=O) groups excluding carboxylic acids is 2. The Hall–Kier alpha value is -3.46. The Morgan fingerprint density at radius 1 is 1.03 bits per heavy atom. The number of nitrogens with one attached hydrogen (secondary N) is 1. The quantitative estimate of drug-likeness (QED) is 0.378. The maximum absolute atomic E-state index is 13.5. The first kappa shape index (κ1) is 27.6. The lowest BCUT2D eigenvalue weighted by Crippen LogP contribution is -2.49. The summed E-state index contributed by atoms with van der Waals surface area (Å²) in [6, 6.07) is 15.9. The van der Waals surface area contributed by atoms with Gasteiger partial charge in [-0.15, -0.1) is 0 Å². The molecule has 3 aromatic carbocycles. The smallest absolute Gasteiger partial charge is 0.265 e. The van der Waals surface area contributed by atoms with Gasteiger partial charge in [-0.3, -0.25) is 13.9 Å². The van der Waals surface area contributed by atoms with Gasteiger partial charge < -0.3 is 10.2 Å². The fraction of sp³-hybridized carbons (Fsp3) is 0.379. The van der Waals surface area contributed by atoms with Crippen molar-refractivity contribution in [2.75, 3.05) is 17.4 Å². The van der Waals surface area contributed by atoms with Crippen molar-refractivity contribution in [3.8, 4) is 0 Å². The number of amides is 2. The molecule has 1 N–H and O–H groups in total. The predicted molar refractivity (Wildman–Crippen MR) is 147 cm³/mol. The van der Waals surface area contributed by atoms with Gasteiger partial charge in [-0.1, -0.05) is 57.2 Å². The van der Waals surface area contributed by atoms with Gasteiger partial charge in [0.05, 0.1) is 10.6 Å². The Balaban J connectivity index is 1.51. The Kier molecular flexibility index (Phi) is 8.35. The van der Waals surface area contributed by atoms with Crippen LogP contribution in [0.1, 0.15) is 45.6 Å². The van der Waals surface area contributed by atoms with Crippen molar-refractivity contribution in [1.82, 2.24) is 10.2 Å². The molecule has 4 rings (SSSR count). The number of anilines is 1. The van der Waals surface area contributed by atoms with Crippen molar-refractivity contribution in [1.29, 1.82) is 0 Å². The summed E-state index contributed by atoms with van der Waals surface area (Å²) >= 11 is 0. The molecule has 0 spiro atoms. The third-order valence-corrected chi connectivity index (χ3v) is 8.63. The molecule has 1 aliphatic heterocycles. The van der Waals surface area contributed by atoms with Crippen LogP contribution in [0.4, 0.5) is 10.1 Å². The van der Waals surface area contributed by atoms with Crippen LogP contribution in [0.3, 0.4) is 0 Å². The van der Waals surface area contributed by atoms with Crippen LogP contribution in [0.2, 0.25) is 0 Å². The van der Waals surface area contributed by atoms with Gasteiger partial charge >= 0.3 is 0 Å². The van der Waals surface area contributed by atoms with Crippen LogP contribution in [0.15, 0.2) is 65.6 Å². The number of halogens is 1. The average molecular weight is 540 g/mol. The largest absolute Gasteiger partial charge is 0.354 e. The van der Waals surface area contributed by atoms with Crippen molar-refractivity contribution in [2.24, 2.45) is 5.92 Å². The second kappa shape index (κ2) is 11.5. The molecule has 0 saturated heterocycles. The minimum absolute atomic E-state index is 0.0630. The Morgan fingerprint density at radius 3 is 2.37 bits per heavy atom. The summed E-state index contributed by atoms with van der Waals surface area (Å²) in [6.07, 6.45) is 0.759. The second-order valence-electron chi connectivity index (χ2n) is 10.0. The summed E-state index contributed by atoms with van der Waals surface area (Å²) in [4.78, 5) is 28.3. The van der Waals surface area contributed by atoms with Gasteiger partial charge in [-0.25, -0.2) is 12.8 Å². The van der Waals surface area contributed by atoms with Gasteiger partial charge in [-0.05, 0) is 54.0 Å². The highest BCUT2D eigenvalue weighted by atomic mass is 32.2. The molecule has 0 aliphatic carbocycles. The van der Waals surface area contributed by atoms with E-state index in [4.69, 9.17) is 0 Å². The first-order valence-corrected chi connectivity index (χ1v) is 14.4. The number of carbonyl (C=O) groups is 2.